The molecule has 0 radical (unpaired) electrons. The lowest BCUT2D eigenvalue weighted by Gasteiger charge is -2.14. The Balaban J connectivity index is 1.60. The second-order valence-electron chi connectivity index (χ2n) is 6.50. The third-order valence-electron chi connectivity index (χ3n) is 4.47. The average Bonchev–Trinajstić information content (AvgIpc) is 3.06. The number of nitrogens with one attached hydrogen (secondary N) is 1. The normalized spacial score (nSPS) is 11.1. The Kier molecular flexibility index (Phi) is 5.56. The minimum absolute atomic E-state index is 0.0408. The van der Waals surface area contributed by atoms with E-state index in [2.05, 4.69) is 31.1 Å². The van der Waals surface area contributed by atoms with Crippen molar-refractivity contribution in [2.24, 2.45) is 0 Å². The molecule has 1 aromatic carbocycles. The molecule has 3 rings (SSSR count). The maximum absolute atomic E-state index is 12.2. The zero-order valence-electron chi connectivity index (χ0n) is 15.5. The predicted octanol–water partition coefficient (Wildman–Crippen LogP) is 4.14. The number of nitrogens with zero attached hydrogens (tertiary/aromatic N) is 2. The van der Waals surface area contributed by atoms with E-state index in [9.17, 15) is 4.79 Å². The summed E-state index contributed by atoms with van der Waals surface area (Å²) in [6, 6.07) is 11.5. The summed E-state index contributed by atoms with van der Waals surface area (Å²) in [6.45, 7) is 6.59. The van der Waals surface area contributed by atoms with Gasteiger partial charge in [0.05, 0.1) is 5.69 Å². The van der Waals surface area contributed by atoms with E-state index in [0.29, 0.717) is 12.2 Å². The van der Waals surface area contributed by atoms with Crippen molar-refractivity contribution in [2.45, 2.75) is 46.3 Å². The van der Waals surface area contributed by atoms with Crippen LogP contribution in [-0.4, -0.2) is 21.3 Å². The number of aromatic nitrogens is 2. The Hall–Kier alpha value is -2.82. The first-order valence-corrected chi connectivity index (χ1v) is 9.07. The quantitative estimate of drug-likeness (QED) is 0.696. The van der Waals surface area contributed by atoms with E-state index in [4.69, 9.17) is 4.74 Å². The van der Waals surface area contributed by atoms with Crippen LogP contribution < -0.4 is 10.1 Å². The van der Waals surface area contributed by atoms with Crippen molar-refractivity contribution >= 4 is 11.6 Å². The number of hydrogen-bond acceptors (Lipinski definition) is 3. The molecule has 0 spiro atoms. The highest BCUT2D eigenvalue weighted by molar-refractivity contribution is 5.94. The molecule has 0 aliphatic rings. The first-order chi connectivity index (χ1) is 12.6. The molecule has 0 saturated heterocycles. The second-order valence-corrected chi connectivity index (χ2v) is 6.50. The molecule has 0 saturated carbocycles. The van der Waals surface area contributed by atoms with E-state index in [0.717, 1.165) is 29.9 Å². The van der Waals surface area contributed by atoms with Crippen molar-refractivity contribution in [3.63, 3.8) is 0 Å². The van der Waals surface area contributed by atoms with E-state index < -0.39 is 0 Å². The Bertz CT molecular complexity index is 880. The Labute approximate surface area is 154 Å². The maximum atomic E-state index is 12.2. The fourth-order valence-corrected chi connectivity index (χ4v) is 2.85. The topological polar surface area (TPSA) is 55.6 Å². The summed E-state index contributed by atoms with van der Waals surface area (Å²) in [5, 5.41) is 3.04. The number of carbonyl (C=O) groups excluding carboxylic acids is 1. The molecule has 5 heteroatoms. The molecule has 0 atom stereocenters. The number of imidazole rings is 1. The molecular weight excluding hydrogens is 326 g/mol. The number of benzene rings is 1. The van der Waals surface area contributed by atoms with E-state index in [1.54, 1.807) is 12.1 Å². The minimum atomic E-state index is -0.0408. The van der Waals surface area contributed by atoms with Crippen LogP contribution in [-0.2, 0) is 6.61 Å². The molecule has 1 N–H and O–H groups in total. The van der Waals surface area contributed by atoms with Crippen LogP contribution in [0.2, 0.25) is 0 Å². The first-order valence-electron chi connectivity index (χ1n) is 9.07. The molecular formula is C21H25N3O2. The molecule has 3 aromatic rings. The average molecular weight is 351 g/mol. The van der Waals surface area contributed by atoms with Gasteiger partial charge >= 0.3 is 0 Å². The number of hydrogen-bond donors (Lipinski definition) is 1. The van der Waals surface area contributed by atoms with Gasteiger partial charge in [-0.1, -0.05) is 19.9 Å². The number of amides is 1. The molecule has 136 valence electrons. The van der Waals surface area contributed by atoms with Gasteiger partial charge in [-0.2, -0.15) is 0 Å². The highest BCUT2D eigenvalue weighted by Crippen LogP contribution is 2.15. The third kappa shape index (κ3) is 4.23. The molecule has 2 aromatic heterocycles. The summed E-state index contributed by atoms with van der Waals surface area (Å²) < 4.78 is 7.80. The zero-order valence-corrected chi connectivity index (χ0v) is 15.5. The van der Waals surface area contributed by atoms with Gasteiger partial charge in [-0.05, 0) is 55.7 Å². The van der Waals surface area contributed by atoms with E-state index >= 15 is 0 Å². The molecule has 5 nitrogen and oxygen atoms in total. The van der Waals surface area contributed by atoms with Crippen molar-refractivity contribution in [1.82, 2.24) is 14.7 Å². The zero-order chi connectivity index (χ0) is 18.5. The molecule has 0 unspecified atom stereocenters. The predicted molar refractivity (Wildman–Crippen MR) is 103 cm³/mol. The Morgan fingerprint density at radius 2 is 1.85 bits per heavy atom. The number of fused-ring (bicyclic) bond motifs is 1. The molecule has 0 aliphatic heterocycles. The van der Waals surface area contributed by atoms with Crippen molar-refractivity contribution in [3.8, 4) is 5.75 Å². The third-order valence-corrected chi connectivity index (χ3v) is 4.47. The van der Waals surface area contributed by atoms with Gasteiger partial charge in [0.15, 0.2) is 0 Å². The van der Waals surface area contributed by atoms with Gasteiger partial charge < -0.3 is 14.5 Å². The molecule has 0 fully saturated rings. The van der Waals surface area contributed by atoms with Gasteiger partial charge in [0, 0.05) is 24.0 Å². The lowest BCUT2D eigenvalue weighted by molar-refractivity contribution is 0.0935. The number of ether oxygens (including phenoxy) is 1. The van der Waals surface area contributed by atoms with Gasteiger partial charge in [0.2, 0.25) is 0 Å². The molecule has 26 heavy (non-hydrogen) atoms. The summed E-state index contributed by atoms with van der Waals surface area (Å²) in [6.07, 6.45) is 5.88. The lowest BCUT2D eigenvalue weighted by Crippen LogP contribution is -2.33. The first kappa shape index (κ1) is 18.0. The number of carbonyl (C=O) groups is 1. The van der Waals surface area contributed by atoms with Crippen LogP contribution in [0, 0.1) is 6.92 Å². The van der Waals surface area contributed by atoms with E-state index in [-0.39, 0.29) is 11.9 Å². The highest BCUT2D eigenvalue weighted by atomic mass is 16.5. The second kappa shape index (κ2) is 8.04. The van der Waals surface area contributed by atoms with Crippen LogP contribution in [0.5, 0.6) is 5.75 Å². The number of aryl methyl sites for hydroxylation is 1. The van der Waals surface area contributed by atoms with Gasteiger partial charge in [0.25, 0.3) is 5.91 Å². The fourth-order valence-electron chi connectivity index (χ4n) is 2.85. The molecule has 0 aliphatic carbocycles. The van der Waals surface area contributed by atoms with Crippen LogP contribution >= 0.6 is 0 Å². The van der Waals surface area contributed by atoms with E-state index in [1.165, 1.54) is 5.56 Å². The van der Waals surface area contributed by atoms with Gasteiger partial charge in [-0.3, -0.25) is 4.79 Å². The monoisotopic (exact) mass is 351 g/mol. The van der Waals surface area contributed by atoms with Crippen LogP contribution in [0.1, 0.15) is 48.3 Å². The largest absolute Gasteiger partial charge is 0.487 e. The van der Waals surface area contributed by atoms with Crippen molar-refractivity contribution in [1.29, 1.82) is 0 Å². The van der Waals surface area contributed by atoms with E-state index in [1.807, 2.05) is 41.1 Å². The summed E-state index contributed by atoms with van der Waals surface area (Å²) in [7, 11) is 0. The Morgan fingerprint density at radius 3 is 2.54 bits per heavy atom. The maximum Gasteiger partial charge on any atom is 0.251 e. The summed E-state index contributed by atoms with van der Waals surface area (Å²) in [5.41, 5.74) is 3.60. The SMILES string of the molecule is CCC(CC)NC(=O)c1ccc(OCc2cn3cc(C)ccc3n2)cc1. The summed E-state index contributed by atoms with van der Waals surface area (Å²) in [5.74, 6) is 0.679. The smallest absolute Gasteiger partial charge is 0.251 e. The highest BCUT2D eigenvalue weighted by Gasteiger charge is 2.10. The standard InChI is InChI=1S/C21H25N3O2/c1-4-17(5-2)23-21(25)16-7-9-19(10-8-16)26-14-18-13-24-12-15(3)6-11-20(24)22-18/h6-13,17H,4-5,14H2,1-3H3,(H,23,25). The summed E-state index contributed by atoms with van der Waals surface area (Å²) in [4.78, 5) is 16.8. The Morgan fingerprint density at radius 1 is 1.12 bits per heavy atom. The van der Waals surface area contributed by atoms with Gasteiger partial charge in [-0.25, -0.2) is 4.98 Å². The molecule has 2 heterocycles. The number of rotatable bonds is 7. The van der Waals surface area contributed by atoms with Crippen LogP contribution in [0.4, 0.5) is 0 Å². The summed E-state index contributed by atoms with van der Waals surface area (Å²) >= 11 is 0. The van der Waals surface area contributed by atoms with Crippen molar-refractivity contribution in [2.75, 3.05) is 0 Å². The molecule has 1 amide bonds. The number of pyridine rings is 1. The van der Waals surface area contributed by atoms with Crippen LogP contribution in [0.3, 0.4) is 0 Å². The molecule has 0 bridgehead atoms. The van der Waals surface area contributed by atoms with Gasteiger partial charge in [0.1, 0.15) is 18.0 Å². The minimum Gasteiger partial charge on any atom is -0.487 e. The van der Waals surface area contributed by atoms with Crippen LogP contribution in [0.15, 0.2) is 48.8 Å². The van der Waals surface area contributed by atoms with Crippen molar-refractivity contribution < 1.29 is 9.53 Å². The van der Waals surface area contributed by atoms with Crippen LogP contribution in [0.25, 0.3) is 5.65 Å². The fraction of sp³-hybridized carbons (Fsp3) is 0.333. The van der Waals surface area contributed by atoms with Crippen molar-refractivity contribution in [3.05, 3.63) is 65.6 Å². The van der Waals surface area contributed by atoms with Gasteiger partial charge in [-0.15, -0.1) is 0 Å². The lowest BCUT2D eigenvalue weighted by atomic mass is 10.1.